The Morgan fingerprint density at radius 1 is 1.24 bits per heavy atom. The molecule has 2 unspecified atom stereocenters. The maximum Gasteiger partial charge on any atom is 0.0687 e. The first-order valence-electron chi connectivity index (χ1n) is 7.56. The largest absolute Gasteiger partial charge is 0.372 e. The summed E-state index contributed by atoms with van der Waals surface area (Å²) in [5.41, 5.74) is 0.321. The van der Waals surface area contributed by atoms with Crippen molar-refractivity contribution in [2.75, 3.05) is 0 Å². The van der Waals surface area contributed by atoms with Gasteiger partial charge >= 0.3 is 0 Å². The van der Waals surface area contributed by atoms with Gasteiger partial charge in [0.15, 0.2) is 0 Å². The minimum Gasteiger partial charge on any atom is -0.372 e. The smallest absolute Gasteiger partial charge is 0.0687 e. The van der Waals surface area contributed by atoms with Gasteiger partial charge in [-0.05, 0) is 51.4 Å². The van der Waals surface area contributed by atoms with E-state index in [1.54, 1.807) is 0 Å². The Balaban J connectivity index is 1.67. The molecule has 0 aromatic rings. The Bertz CT molecular complexity index is 223. The molecular weight excluding hydrogens is 276 g/mol. The first-order chi connectivity index (χ1) is 8.24. The van der Waals surface area contributed by atoms with Gasteiger partial charge in [0.1, 0.15) is 0 Å². The monoisotopic (exact) mass is 302 g/mol. The summed E-state index contributed by atoms with van der Waals surface area (Å²) in [6.45, 7) is 2.25. The van der Waals surface area contributed by atoms with Gasteiger partial charge in [0, 0.05) is 4.83 Å². The first kappa shape index (κ1) is 13.9. The molecule has 1 aliphatic carbocycles. The van der Waals surface area contributed by atoms with Crippen LogP contribution in [0.15, 0.2) is 0 Å². The molecular formula is C15H27BrO. The summed E-state index contributed by atoms with van der Waals surface area (Å²) in [7, 11) is 0. The Morgan fingerprint density at radius 3 is 2.71 bits per heavy atom. The van der Waals surface area contributed by atoms with Crippen LogP contribution < -0.4 is 0 Å². The van der Waals surface area contributed by atoms with Crippen LogP contribution in [0, 0.1) is 0 Å². The zero-order valence-corrected chi connectivity index (χ0v) is 12.8. The van der Waals surface area contributed by atoms with E-state index < -0.39 is 0 Å². The zero-order chi connectivity index (χ0) is 12.1. The van der Waals surface area contributed by atoms with Gasteiger partial charge in [-0.1, -0.05) is 42.1 Å². The number of hydrogen-bond acceptors (Lipinski definition) is 1. The van der Waals surface area contributed by atoms with E-state index in [9.17, 15) is 0 Å². The molecule has 1 aliphatic heterocycles. The van der Waals surface area contributed by atoms with Crippen LogP contribution in [0.5, 0.6) is 0 Å². The molecule has 1 saturated carbocycles. The zero-order valence-electron chi connectivity index (χ0n) is 11.2. The summed E-state index contributed by atoms with van der Waals surface area (Å²) in [6, 6.07) is 0. The highest BCUT2D eigenvalue weighted by Crippen LogP contribution is 2.42. The maximum atomic E-state index is 6.39. The molecule has 0 radical (unpaired) electrons. The summed E-state index contributed by atoms with van der Waals surface area (Å²) in [6.07, 6.45) is 15.3. The second-order valence-electron chi connectivity index (χ2n) is 5.96. The van der Waals surface area contributed by atoms with E-state index in [-0.39, 0.29) is 0 Å². The lowest BCUT2D eigenvalue weighted by Gasteiger charge is -2.33. The molecule has 2 fully saturated rings. The van der Waals surface area contributed by atoms with Crippen LogP contribution in [0.2, 0.25) is 0 Å². The molecule has 1 nitrogen and oxygen atoms in total. The normalized spacial score (nSPS) is 29.6. The topological polar surface area (TPSA) is 9.23 Å². The summed E-state index contributed by atoms with van der Waals surface area (Å²) in [5.74, 6) is 0. The average Bonchev–Trinajstić information content (AvgIpc) is 2.73. The summed E-state index contributed by atoms with van der Waals surface area (Å²) < 4.78 is 6.39. The summed E-state index contributed by atoms with van der Waals surface area (Å²) >= 11 is 3.72. The standard InChI is InChI=1S/C15H27BrO/c1-2-13(16)7-6-8-14-9-12-15(17-14)10-4-3-5-11-15/h13-14H,2-12H2,1H3. The molecule has 2 aliphatic rings. The van der Waals surface area contributed by atoms with E-state index in [4.69, 9.17) is 4.74 Å². The van der Waals surface area contributed by atoms with Crippen molar-refractivity contribution < 1.29 is 4.74 Å². The molecule has 1 saturated heterocycles. The molecule has 17 heavy (non-hydrogen) atoms. The van der Waals surface area contributed by atoms with E-state index in [2.05, 4.69) is 22.9 Å². The predicted molar refractivity (Wildman–Crippen MR) is 76.8 cm³/mol. The molecule has 0 aromatic carbocycles. The number of rotatable bonds is 5. The van der Waals surface area contributed by atoms with E-state index in [0.717, 1.165) is 0 Å². The van der Waals surface area contributed by atoms with Crippen molar-refractivity contribution >= 4 is 15.9 Å². The van der Waals surface area contributed by atoms with Crippen LogP contribution in [0.25, 0.3) is 0 Å². The second kappa shape index (κ2) is 6.56. The lowest BCUT2D eigenvalue weighted by atomic mass is 9.83. The minimum atomic E-state index is 0.321. The Hall–Kier alpha value is 0.440. The van der Waals surface area contributed by atoms with Crippen molar-refractivity contribution in [1.29, 1.82) is 0 Å². The highest BCUT2D eigenvalue weighted by molar-refractivity contribution is 9.09. The number of hydrogen-bond donors (Lipinski definition) is 0. The Labute approximate surface area is 115 Å². The third-order valence-electron chi connectivity index (χ3n) is 4.59. The van der Waals surface area contributed by atoms with Gasteiger partial charge < -0.3 is 4.74 Å². The Kier molecular flexibility index (Phi) is 5.35. The molecule has 2 rings (SSSR count). The van der Waals surface area contributed by atoms with Crippen LogP contribution in [0.4, 0.5) is 0 Å². The quantitative estimate of drug-likeness (QED) is 0.633. The van der Waals surface area contributed by atoms with Gasteiger partial charge in [-0.2, -0.15) is 0 Å². The number of alkyl halides is 1. The van der Waals surface area contributed by atoms with Gasteiger partial charge in [0.2, 0.25) is 0 Å². The third kappa shape index (κ3) is 3.96. The van der Waals surface area contributed by atoms with E-state index >= 15 is 0 Å². The van der Waals surface area contributed by atoms with Gasteiger partial charge in [-0.3, -0.25) is 0 Å². The van der Waals surface area contributed by atoms with E-state index in [0.29, 0.717) is 16.5 Å². The van der Waals surface area contributed by atoms with Gasteiger partial charge in [-0.15, -0.1) is 0 Å². The molecule has 2 heteroatoms. The van der Waals surface area contributed by atoms with Crippen molar-refractivity contribution in [3.8, 4) is 0 Å². The lowest BCUT2D eigenvalue weighted by molar-refractivity contribution is -0.0660. The molecule has 2 atom stereocenters. The maximum absolute atomic E-state index is 6.39. The van der Waals surface area contributed by atoms with E-state index in [1.807, 2.05) is 0 Å². The highest BCUT2D eigenvalue weighted by Gasteiger charge is 2.40. The minimum absolute atomic E-state index is 0.321. The predicted octanol–water partition coefficient (Wildman–Crippen LogP) is 5.21. The number of halogens is 1. The average molecular weight is 303 g/mol. The lowest BCUT2D eigenvalue weighted by Crippen LogP contribution is -2.31. The van der Waals surface area contributed by atoms with Crippen molar-refractivity contribution in [2.24, 2.45) is 0 Å². The van der Waals surface area contributed by atoms with Gasteiger partial charge in [-0.25, -0.2) is 0 Å². The fraction of sp³-hybridized carbons (Fsp3) is 1.00. The van der Waals surface area contributed by atoms with Crippen LogP contribution in [-0.4, -0.2) is 16.5 Å². The molecule has 100 valence electrons. The van der Waals surface area contributed by atoms with E-state index in [1.165, 1.54) is 70.6 Å². The van der Waals surface area contributed by atoms with Crippen LogP contribution in [0.3, 0.4) is 0 Å². The molecule has 0 bridgehead atoms. The van der Waals surface area contributed by atoms with Crippen molar-refractivity contribution in [3.63, 3.8) is 0 Å². The second-order valence-corrected chi connectivity index (χ2v) is 7.25. The van der Waals surface area contributed by atoms with Crippen LogP contribution in [-0.2, 0) is 4.74 Å². The third-order valence-corrected chi connectivity index (χ3v) is 5.70. The molecule has 0 aromatic heterocycles. The van der Waals surface area contributed by atoms with Gasteiger partial charge in [0.05, 0.1) is 11.7 Å². The van der Waals surface area contributed by atoms with Crippen molar-refractivity contribution in [3.05, 3.63) is 0 Å². The fourth-order valence-electron chi connectivity index (χ4n) is 3.43. The summed E-state index contributed by atoms with van der Waals surface area (Å²) in [4.78, 5) is 0.715. The molecule has 0 amide bonds. The fourth-order valence-corrected chi connectivity index (χ4v) is 3.76. The van der Waals surface area contributed by atoms with Crippen LogP contribution in [0.1, 0.15) is 77.6 Å². The molecule has 1 spiro atoms. The summed E-state index contributed by atoms with van der Waals surface area (Å²) in [5, 5.41) is 0. The highest BCUT2D eigenvalue weighted by atomic mass is 79.9. The number of ether oxygens (including phenoxy) is 1. The Morgan fingerprint density at radius 2 is 2.00 bits per heavy atom. The molecule has 0 N–H and O–H groups in total. The molecule has 1 heterocycles. The van der Waals surface area contributed by atoms with Crippen LogP contribution >= 0.6 is 15.9 Å². The van der Waals surface area contributed by atoms with Crippen molar-refractivity contribution in [1.82, 2.24) is 0 Å². The van der Waals surface area contributed by atoms with Crippen molar-refractivity contribution in [2.45, 2.75) is 94.1 Å². The first-order valence-corrected chi connectivity index (χ1v) is 8.47. The van der Waals surface area contributed by atoms with Gasteiger partial charge in [0.25, 0.3) is 0 Å². The SMILES string of the molecule is CCC(Br)CCCC1CCC2(CCCCC2)O1.